The van der Waals surface area contributed by atoms with Crippen LogP contribution in [0.1, 0.15) is 38.4 Å². The minimum Gasteiger partial charge on any atom is -0.496 e. The molecular formula is C19H19NO5. The topological polar surface area (TPSA) is 88.9 Å². The zero-order valence-corrected chi connectivity index (χ0v) is 14.3. The van der Waals surface area contributed by atoms with Gasteiger partial charge in [0, 0.05) is 11.1 Å². The maximum atomic E-state index is 11.7. The number of carbonyl (C=O) groups excluding carboxylic acids is 1. The summed E-state index contributed by atoms with van der Waals surface area (Å²) in [6, 6.07) is 6.64. The van der Waals surface area contributed by atoms with E-state index in [0.717, 1.165) is 11.1 Å². The van der Waals surface area contributed by atoms with Gasteiger partial charge in [0.2, 0.25) is 0 Å². The smallest absolute Gasteiger partial charge is 0.356 e. The van der Waals surface area contributed by atoms with E-state index in [9.17, 15) is 15.0 Å². The van der Waals surface area contributed by atoms with Gasteiger partial charge in [-0.2, -0.15) is 0 Å². The van der Waals surface area contributed by atoms with Crippen molar-refractivity contribution in [3.63, 3.8) is 0 Å². The van der Waals surface area contributed by atoms with E-state index in [1.165, 1.54) is 13.2 Å². The molecule has 0 radical (unpaired) electrons. The number of aliphatic hydroxyl groups excluding tert-OH is 2. The molecule has 0 aliphatic rings. The number of carbonyl (C=O) groups is 1. The van der Waals surface area contributed by atoms with Gasteiger partial charge in [0.1, 0.15) is 11.4 Å². The molecule has 0 fully saturated rings. The van der Waals surface area contributed by atoms with Crippen molar-refractivity contribution in [1.29, 1.82) is 0 Å². The summed E-state index contributed by atoms with van der Waals surface area (Å²) in [6.07, 6.45) is 0. The molecule has 0 spiro atoms. The molecule has 1 heterocycles. The summed E-state index contributed by atoms with van der Waals surface area (Å²) in [5.74, 6) is 5.94. The van der Waals surface area contributed by atoms with Crippen LogP contribution in [0.2, 0.25) is 0 Å². The third-order valence-corrected chi connectivity index (χ3v) is 3.64. The molecule has 2 N–H and O–H groups in total. The van der Waals surface area contributed by atoms with Crippen LogP contribution in [0.15, 0.2) is 24.3 Å². The van der Waals surface area contributed by atoms with Gasteiger partial charge >= 0.3 is 5.97 Å². The van der Waals surface area contributed by atoms with Crippen LogP contribution in [0, 0.1) is 18.8 Å². The van der Waals surface area contributed by atoms with Gasteiger partial charge in [0.05, 0.1) is 33.1 Å². The first-order chi connectivity index (χ1) is 12.0. The van der Waals surface area contributed by atoms with Crippen molar-refractivity contribution in [1.82, 2.24) is 4.98 Å². The zero-order chi connectivity index (χ0) is 18.4. The number of hydrogen-bond acceptors (Lipinski definition) is 6. The van der Waals surface area contributed by atoms with E-state index in [1.54, 1.807) is 25.3 Å². The van der Waals surface area contributed by atoms with Crippen LogP contribution >= 0.6 is 0 Å². The Morgan fingerprint density at radius 3 is 2.32 bits per heavy atom. The van der Waals surface area contributed by atoms with E-state index >= 15 is 0 Å². The predicted molar refractivity (Wildman–Crippen MR) is 91.1 cm³/mol. The van der Waals surface area contributed by atoms with Crippen LogP contribution in [-0.4, -0.2) is 35.4 Å². The van der Waals surface area contributed by atoms with Crippen LogP contribution in [0.5, 0.6) is 5.75 Å². The Morgan fingerprint density at radius 1 is 1.08 bits per heavy atom. The van der Waals surface area contributed by atoms with E-state index in [2.05, 4.69) is 21.6 Å². The molecule has 6 heteroatoms. The van der Waals surface area contributed by atoms with Crippen molar-refractivity contribution in [2.75, 3.05) is 14.2 Å². The van der Waals surface area contributed by atoms with Crippen molar-refractivity contribution < 1.29 is 24.5 Å². The van der Waals surface area contributed by atoms with Gasteiger partial charge < -0.3 is 19.7 Å². The Balaban J connectivity index is 2.46. The Labute approximate surface area is 146 Å². The fourth-order valence-corrected chi connectivity index (χ4v) is 2.29. The van der Waals surface area contributed by atoms with Crippen molar-refractivity contribution in [3.8, 4) is 17.6 Å². The van der Waals surface area contributed by atoms with E-state index in [0.29, 0.717) is 22.6 Å². The Kier molecular flexibility index (Phi) is 6.12. The molecule has 0 saturated carbocycles. The lowest BCUT2D eigenvalue weighted by atomic mass is 10.0. The SMILES string of the molecule is COC(=O)c1cc(C#Cc2cc(CO)c(C)c(OC)c2)cc(CO)n1. The summed E-state index contributed by atoms with van der Waals surface area (Å²) >= 11 is 0. The highest BCUT2D eigenvalue weighted by Gasteiger charge is 2.10. The van der Waals surface area contributed by atoms with Crippen molar-refractivity contribution in [2.24, 2.45) is 0 Å². The monoisotopic (exact) mass is 341 g/mol. The lowest BCUT2D eigenvalue weighted by molar-refractivity contribution is 0.0593. The molecule has 0 aliphatic carbocycles. The molecule has 0 bridgehead atoms. The minimum atomic E-state index is -0.599. The molecule has 0 atom stereocenters. The molecule has 2 rings (SSSR count). The first-order valence-corrected chi connectivity index (χ1v) is 7.53. The highest BCUT2D eigenvalue weighted by atomic mass is 16.5. The number of nitrogens with zero attached hydrogens (tertiary/aromatic N) is 1. The second-order valence-corrected chi connectivity index (χ2v) is 5.25. The molecule has 2 aromatic rings. The quantitative estimate of drug-likeness (QED) is 0.648. The van der Waals surface area contributed by atoms with Crippen molar-refractivity contribution in [3.05, 3.63) is 57.9 Å². The molecule has 0 aliphatic heterocycles. The fraction of sp³-hybridized carbons (Fsp3) is 0.263. The van der Waals surface area contributed by atoms with Crippen molar-refractivity contribution >= 4 is 5.97 Å². The molecule has 6 nitrogen and oxygen atoms in total. The van der Waals surface area contributed by atoms with Crippen LogP contribution in [-0.2, 0) is 18.0 Å². The number of ether oxygens (including phenoxy) is 2. The van der Waals surface area contributed by atoms with Crippen molar-refractivity contribution in [2.45, 2.75) is 20.1 Å². The van der Waals surface area contributed by atoms with Crippen LogP contribution < -0.4 is 4.74 Å². The first-order valence-electron chi connectivity index (χ1n) is 7.53. The molecule has 1 aromatic carbocycles. The van der Waals surface area contributed by atoms with Gasteiger partial charge in [0.15, 0.2) is 0 Å². The number of pyridine rings is 1. The molecule has 0 unspecified atom stereocenters. The van der Waals surface area contributed by atoms with Gasteiger partial charge in [-0.1, -0.05) is 11.8 Å². The lowest BCUT2D eigenvalue weighted by Crippen LogP contribution is -2.07. The Hall–Kier alpha value is -2.88. The molecule has 0 amide bonds. The second-order valence-electron chi connectivity index (χ2n) is 5.25. The maximum Gasteiger partial charge on any atom is 0.356 e. The predicted octanol–water partition coefficient (Wildman–Crippen LogP) is 1.57. The standard InChI is InChI=1S/C19H19NO5/c1-12-15(10-21)6-13(9-18(12)24-2)4-5-14-7-16(11-22)20-17(8-14)19(23)25-3/h6-9,21-22H,10-11H2,1-3H3. The summed E-state index contributed by atoms with van der Waals surface area (Å²) in [7, 11) is 2.82. The van der Waals surface area contributed by atoms with Gasteiger partial charge in [-0.15, -0.1) is 0 Å². The molecule has 1 aromatic heterocycles. The Morgan fingerprint density at radius 2 is 1.76 bits per heavy atom. The first kappa shape index (κ1) is 18.5. The average Bonchev–Trinajstić information content (AvgIpc) is 2.65. The highest BCUT2D eigenvalue weighted by Crippen LogP contribution is 2.23. The number of esters is 1. The summed E-state index contributed by atoms with van der Waals surface area (Å²) in [5, 5.41) is 18.7. The van der Waals surface area contributed by atoms with Gasteiger partial charge in [0.25, 0.3) is 0 Å². The molecular weight excluding hydrogens is 322 g/mol. The van der Waals surface area contributed by atoms with Gasteiger partial charge in [-0.05, 0) is 42.3 Å². The van der Waals surface area contributed by atoms with Crippen LogP contribution in [0.3, 0.4) is 0 Å². The third kappa shape index (κ3) is 4.35. The van der Waals surface area contributed by atoms with Gasteiger partial charge in [-0.25, -0.2) is 9.78 Å². The van der Waals surface area contributed by atoms with Gasteiger partial charge in [-0.3, -0.25) is 0 Å². The largest absolute Gasteiger partial charge is 0.496 e. The van der Waals surface area contributed by atoms with E-state index in [-0.39, 0.29) is 18.9 Å². The summed E-state index contributed by atoms with van der Waals surface area (Å²) in [6.45, 7) is 1.43. The molecule has 0 saturated heterocycles. The lowest BCUT2D eigenvalue weighted by Gasteiger charge is -2.09. The summed E-state index contributed by atoms with van der Waals surface area (Å²) in [5.41, 5.74) is 3.17. The third-order valence-electron chi connectivity index (χ3n) is 3.64. The van der Waals surface area contributed by atoms with E-state index < -0.39 is 5.97 Å². The van der Waals surface area contributed by atoms with E-state index in [1.807, 2.05) is 6.92 Å². The average molecular weight is 341 g/mol. The molecule has 25 heavy (non-hydrogen) atoms. The Bertz CT molecular complexity index is 824. The number of methoxy groups -OCH3 is 2. The number of rotatable bonds is 4. The maximum absolute atomic E-state index is 11.7. The number of aliphatic hydroxyl groups is 2. The minimum absolute atomic E-state index is 0.0795. The fourth-order valence-electron chi connectivity index (χ4n) is 2.29. The number of benzene rings is 1. The summed E-state index contributed by atoms with van der Waals surface area (Å²) < 4.78 is 9.95. The number of hydrogen-bond donors (Lipinski definition) is 2. The normalized spacial score (nSPS) is 9.96. The second kappa shape index (κ2) is 8.29. The summed E-state index contributed by atoms with van der Waals surface area (Å²) in [4.78, 5) is 15.7. The zero-order valence-electron chi connectivity index (χ0n) is 14.3. The van der Waals surface area contributed by atoms with Crippen LogP contribution in [0.25, 0.3) is 0 Å². The molecule has 130 valence electrons. The highest BCUT2D eigenvalue weighted by molar-refractivity contribution is 5.87. The van der Waals surface area contributed by atoms with Crippen LogP contribution in [0.4, 0.5) is 0 Å². The number of aromatic nitrogens is 1. The van der Waals surface area contributed by atoms with E-state index in [4.69, 9.17) is 4.74 Å².